The topological polar surface area (TPSA) is 113 Å². The maximum absolute atomic E-state index is 6.12. The van der Waals surface area contributed by atoms with E-state index in [0.717, 1.165) is 5.56 Å². The molecule has 2 heterocycles. The lowest BCUT2D eigenvalue weighted by molar-refractivity contribution is 0.306. The van der Waals surface area contributed by atoms with Crippen molar-refractivity contribution in [1.82, 2.24) is 20.5 Å². The number of anilines is 1. The number of rotatable bonds is 5. The summed E-state index contributed by atoms with van der Waals surface area (Å²) >= 11 is 12.0. The van der Waals surface area contributed by atoms with Gasteiger partial charge in [0.05, 0.1) is 5.02 Å². The van der Waals surface area contributed by atoms with Gasteiger partial charge in [0.25, 0.3) is 5.89 Å². The predicted octanol–water partition coefficient (Wildman–Crippen LogP) is 4.25. The highest BCUT2D eigenvalue weighted by atomic mass is 35.5. The summed E-state index contributed by atoms with van der Waals surface area (Å²) in [5.41, 5.74) is 7.46. The van der Waals surface area contributed by atoms with Crippen LogP contribution in [-0.2, 0) is 6.61 Å². The highest BCUT2D eigenvalue weighted by Crippen LogP contribution is 2.29. The number of hydrogen-bond acceptors (Lipinski definition) is 8. The van der Waals surface area contributed by atoms with E-state index < -0.39 is 0 Å². The van der Waals surface area contributed by atoms with E-state index in [-0.39, 0.29) is 17.3 Å². The van der Waals surface area contributed by atoms with Gasteiger partial charge in [0.2, 0.25) is 5.82 Å². The first-order valence-electron chi connectivity index (χ1n) is 7.69. The van der Waals surface area contributed by atoms with Crippen LogP contribution in [0, 0.1) is 0 Å². The van der Waals surface area contributed by atoms with E-state index in [1.54, 1.807) is 18.2 Å². The van der Waals surface area contributed by atoms with Gasteiger partial charge >= 0.3 is 0 Å². The number of ether oxygens (including phenoxy) is 1. The van der Waals surface area contributed by atoms with Crippen LogP contribution >= 0.6 is 23.2 Å². The van der Waals surface area contributed by atoms with E-state index >= 15 is 0 Å². The van der Waals surface area contributed by atoms with E-state index in [1.165, 1.54) is 0 Å². The molecule has 2 N–H and O–H groups in total. The van der Waals surface area contributed by atoms with Crippen LogP contribution in [0.4, 0.5) is 5.82 Å². The Morgan fingerprint density at radius 1 is 1.04 bits per heavy atom. The molecule has 0 aliphatic heterocycles. The van der Waals surface area contributed by atoms with Gasteiger partial charge < -0.3 is 15.0 Å². The van der Waals surface area contributed by atoms with Crippen molar-refractivity contribution in [1.29, 1.82) is 0 Å². The molecular weight excluding hydrogens is 393 g/mol. The summed E-state index contributed by atoms with van der Waals surface area (Å²) < 4.78 is 15.6. The fraction of sp³-hybridized carbons (Fsp3) is 0.0588. The third-order valence-corrected chi connectivity index (χ3v) is 4.14. The minimum absolute atomic E-state index is 0.0874. The molecule has 2 aromatic heterocycles. The lowest BCUT2D eigenvalue weighted by atomic mass is 10.1. The normalized spacial score (nSPS) is 10.9. The molecule has 0 saturated heterocycles. The molecule has 27 heavy (non-hydrogen) atoms. The van der Waals surface area contributed by atoms with Crippen LogP contribution in [0.2, 0.25) is 10.0 Å². The average molecular weight is 404 g/mol. The molecule has 0 aliphatic carbocycles. The Morgan fingerprint density at radius 2 is 1.93 bits per heavy atom. The van der Waals surface area contributed by atoms with Crippen molar-refractivity contribution < 1.29 is 13.9 Å². The SMILES string of the molecule is Nc1nonc1-c1noc(-c2cccc(COc3ccc(Cl)cc3Cl)c2)n1. The molecular formula is C17H11Cl2N5O3. The zero-order valence-electron chi connectivity index (χ0n) is 13.6. The smallest absolute Gasteiger partial charge is 0.258 e. The molecule has 0 spiro atoms. The Kier molecular flexibility index (Phi) is 4.66. The van der Waals surface area contributed by atoms with Gasteiger partial charge in [-0.15, -0.1) is 0 Å². The van der Waals surface area contributed by atoms with Gasteiger partial charge in [-0.2, -0.15) is 4.98 Å². The molecule has 0 amide bonds. The number of nitrogens with zero attached hydrogens (tertiary/aromatic N) is 4. The van der Waals surface area contributed by atoms with Crippen molar-refractivity contribution in [3.05, 3.63) is 58.1 Å². The average Bonchev–Trinajstić information content (AvgIpc) is 3.30. The van der Waals surface area contributed by atoms with Gasteiger partial charge in [-0.25, -0.2) is 4.63 Å². The number of nitrogens with two attached hydrogens (primary N) is 1. The van der Waals surface area contributed by atoms with Crippen molar-refractivity contribution in [2.75, 3.05) is 5.73 Å². The minimum atomic E-state index is 0.0874. The van der Waals surface area contributed by atoms with Crippen LogP contribution < -0.4 is 10.5 Å². The van der Waals surface area contributed by atoms with Gasteiger partial charge in [-0.1, -0.05) is 40.5 Å². The minimum Gasteiger partial charge on any atom is -0.487 e. The monoisotopic (exact) mass is 403 g/mol. The fourth-order valence-corrected chi connectivity index (χ4v) is 2.80. The number of aromatic nitrogens is 4. The predicted molar refractivity (Wildman–Crippen MR) is 98.2 cm³/mol. The maximum atomic E-state index is 6.12. The molecule has 0 saturated carbocycles. The summed E-state index contributed by atoms with van der Waals surface area (Å²) in [5.74, 6) is 1.13. The third kappa shape index (κ3) is 3.71. The lowest BCUT2D eigenvalue weighted by Crippen LogP contribution is -1.96. The van der Waals surface area contributed by atoms with Gasteiger partial charge in [0, 0.05) is 10.6 Å². The highest BCUT2D eigenvalue weighted by molar-refractivity contribution is 6.35. The fourth-order valence-electron chi connectivity index (χ4n) is 2.34. The van der Waals surface area contributed by atoms with Crippen molar-refractivity contribution in [2.24, 2.45) is 0 Å². The second-order valence-electron chi connectivity index (χ2n) is 5.49. The van der Waals surface area contributed by atoms with Crippen molar-refractivity contribution in [3.8, 4) is 28.7 Å². The van der Waals surface area contributed by atoms with Crippen LogP contribution in [-0.4, -0.2) is 20.5 Å². The van der Waals surface area contributed by atoms with Crippen molar-refractivity contribution >= 4 is 29.0 Å². The van der Waals surface area contributed by atoms with Gasteiger partial charge in [0.15, 0.2) is 11.5 Å². The molecule has 8 nitrogen and oxygen atoms in total. The van der Waals surface area contributed by atoms with Crippen LogP contribution in [0.1, 0.15) is 5.56 Å². The van der Waals surface area contributed by atoms with E-state index in [9.17, 15) is 0 Å². The summed E-state index contributed by atoms with van der Waals surface area (Å²) in [4.78, 5) is 4.27. The molecule has 4 aromatic rings. The zero-order chi connectivity index (χ0) is 18.8. The number of benzene rings is 2. The zero-order valence-corrected chi connectivity index (χ0v) is 15.1. The third-order valence-electron chi connectivity index (χ3n) is 3.61. The number of halogens is 2. The quantitative estimate of drug-likeness (QED) is 0.525. The van der Waals surface area contributed by atoms with Gasteiger partial charge in [0.1, 0.15) is 12.4 Å². The first-order valence-corrected chi connectivity index (χ1v) is 8.45. The molecule has 0 unspecified atom stereocenters. The second kappa shape index (κ2) is 7.26. The van der Waals surface area contributed by atoms with Crippen LogP contribution in [0.5, 0.6) is 5.75 Å². The van der Waals surface area contributed by atoms with Crippen LogP contribution in [0.3, 0.4) is 0 Å². The Labute approximate surface area is 162 Å². The summed E-state index contributed by atoms with van der Waals surface area (Å²) in [6.45, 7) is 0.302. The first-order chi connectivity index (χ1) is 13.1. The summed E-state index contributed by atoms with van der Waals surface area (Å²) in [7, 11) is 0. The van der Waals surface area contributed by atoms with E-state index in [4.69, 9.17) is 38.2 Å². The molecule has 0 atom stereocenters. The molecule has 10 heteroatoms. The highest BCUT2D eigenvalue weighted by Gasteiger charge is 2.17. The summed E-state index contributed by atoms with van der Waals surface area (Å²) in [6.07, 6.45) is 0. The molecule has 0 radical (unpaired) electrons. The van der Waals surface area contributed by atoms with Crippen LogP contribution in [0.25, 0.3) is 23.0 Å². The summed E-state index contributed by atoms with van der Waals surface area (Å²) in [5, 5.41) is 12.0. The van der Waals surface area contributed by atoms with E-state index in [0.29, 0.717) is 33.9 Å². The van der Waals surface area contributed by atoms with Gasteiger partial charge in [-0.3, -0.25) is 0 Å². The Hall–Kier alpha value is -3.10. The molecule has 0 bridgehead atoms. The maximum Gasteiger partial charge on any atom is 0.258 e. The standard InChI is InChI=1S/C17H11Cl2N5O3/c18-11-4-5-13(12(19)7-11)25-8-9-2-1-3-10(6-9)17-21-16(24-26-17)14-15(20)23-27-22-14/h1-7H,8H2,(H2,20,23). The molecule has 4 rings (SSSR count). The Balaban J connectivity index is 1.53. The van der Waals surface area contributed by atoms with Gasteiger partial charge in [-0.05, 0) is 46.2 Å². The van der Waals surface area contributed by atoms with Crippen molar-refractivity contribution in [3.63, 3.8) is 0 Å². The number of nitrogen functional groups attached to an aromatic ring is 1. The van der Waals surface area contributed by atoms with E-state index in [1.807, 2.05) is 24.3 Å². The lowest BCUT2D eigenvalue weighted by Gasteiger charge is -2.08. The summed E-state index contributed by atoms with van der Waals surface area (Å²) in [6, 6.07) is 12.5. The molecule has 136 valence electrons. The second-order valence-corrected chi connectivity index (χ2v) is 6.33. The Bertz CT molecular complexity index is 1100. The molecule has 0 fully saturated rings. The molecule has 0 aliphatic rings. The largest absolute Gasteiger partial charge is 0.487 e. The van der Waals surface area contributed by atoms with E-state index in [2.05, 4.69) is 25.1 Å². The van der Waals surface area contributed by atoms with Crippen LogP contribution in [0.15, 0.2) is 51.6 Å². The molecule has 2 aromatic carbocycles. The first kappa shape index (κ1) is 17.3. The van der Waals surface area contributed by atoms with Crippen molar-refractivity contribution in [2.45, 2.75) is 6.61 Å². The Morgan fingerprint density at radius 3 is 2.70 bits per heavy atom. The number of hydrogen-bond donors (Lipinski definition) is 1.